The lowest BCUT2D eigenvalue weighted by atomic mass is 10.1. The molecule has 130 valence electrons. The summed E-state index contributed by atoms with van der Waals surface area (Å²) < 4.78 is 37.4. The third-order valence-electron chi connectivity index (χ3n) is 3.88. The molecule has 1 aliphatic rings. The molecule has 25 heavy (non-hydrogen) atoms. The molecule has 0 aliphatic carbocycles. The van der Waals surface area contributed by atoms with Crippen molar-refractivity contribution in [1.82, 2.24) is 0 Å². The molecule has 1 amide bonds. The highest BCUT2D eigenvalue weighted by atomic mass is 79.9. The Kier molecular flexibility index (Phi) is 5.06. The molecular weight excluding hydrogens is 409 g/mol. The van der Waals surface area contributed by atoms with E-state index in [0.717, 1.165) is 9.88 Å². The summed E-state index contributed by atoms with van der Waals surface area (Å²) in [5.74, 6) is -0.760. The zero-order chi connectivity index (χ0) is 18.0. The van der Waals surface area contributed by atoms with Crippen molar-refractivity contribution < 1.29 is 17.6 Å². The molecule has 1 heterocycles. The van der Waals surface area contributed by atoms with Gasteiger partial charge in [0.15, 0.2) is 9.84 Å². The topological polar surface area (TPSA) is 54.5 Å². The molecule has 1 atom stereocenters. The number of amides is 1. The predicted octanol–water partition coefficient (Wildman–Crippen LogP) is 3.47. The van der Waals surface area contributed by atoms with E-state index in [2.05, 4.69) is 15.9 Å². The molecule has 0 saturated heterocycles. The van der Waals surface area contributed by atoms with E-state index >= 15 is 0 Å². The van der Waals surface area contributed by atoms with E-state index in [0.29, 0.717) is 11.3 Å². The molecule has 0 aromatic heterocycles. The van der Waals surface area contributed by atoms with Crippen LogP contribution in [0, 0.1) is 5.82 Å². The minimum absolute atomic E-state index is 0.0563. The van der Waals surface area contributed by atoms with Gasteiger partial charge in [-0.2, -0.15) is 0 Å². The van der Waals surface area contributed by atoms with Crippen LogP contribution in [-0.2, 0) is 21.1 Å². The summed E-state index contributed by atoms with van der Waals surface area (Å²) >= 11 is 3.34. The molecule has 2 aromatic carbocycles. The van der Waals surface area contributed by atoms with Gasteiger partial charge in [-0.1, -0.05) is 28.1 Å². The van der Waals surface area contributed by atoms with Crippen LogP contribution in [0.4, 0.5) is 10.1 Å². The molecule has 3 rings (SSSR count). The number of anilines is 1. The highest BCUT2D eigenvalue weighted by Gasteiger charge is 2.31. The average Bonchev–Trinajstić information content (AvgIpc) is 2.91. The van der Waals surface area contributed by atoms with Gasteiger partial charge in [0.2, 0.25) is 5.91 Å². The second kappa shape index (κ2) is 7.09. The van der Waals surface area contributed by atoms with Gasteiger partial charge >= 0.3 is 0 Å². The molecule has 1 unspecified atom stereocenters. The minimum Gasteiger partial charge on any atom is -0.304 e. The minimum atomic E-state index is -3.30. The van der Waals surface area contributed by atoms with Crippen LogP contribution in [0.5, 0.6) is 0 Å². The third kappa shape index (κ3) is 4.35. The quantitative estimate of drug-likeness (QED) is 0.756. The summed E-state index contributed by atoms with van der Waals surface area (Å²) in [5.41, 5.74) is 1.28. The number of hydrogen-bond acceptors (Lipinski definition) is 3. The first-order chi connectivity index (χ1) is 11.8. The molecule has 2 aromatic rings. The fourth-order valence-electron chi connectivity index (χ4n) is 2.70. The normalized spacial score (nSPS) is 18.2. The Morgan fingerprint density at radius 1 is 1.12 bits per heavy atom. The van der Waals surface area contributed by atoms with Gasteiger partial charge in [0, 0.05) is 15.6 Å². The van der Waals surface area contributed by atoms with Crippen LogP contribution >= 0.6 is 15.9 Å². The molecule has 1 aliphatic heterocycles. The molecule has 0 spiro atoms. The Hall–Kier alpha value is -1.99. The molecule has 0 fully saturated rings. The standard InChI is InChI=1S/C18H15BrFNO3S/c19-14-3-7-16(8-4-14)21(17-9-10-25(23,24)12-17)18(22)11-13-1-5-15(20)6-2-13/h1-10,17H,11-12H2. The number of carbonyl (C=O) groups excluding carboxylic acids is 1. The van der Waals surface area contributed by atoms with Gasteiger partial charge in [0.05, 0.1) is 18.2 Å². The Balaban J connectivity index is 1.90. The van der Waals surface area contributed by atoms with Crippen molar-refractivity contribution in [3.63, 3.8) is 0 Å². The van der Waals surface area contributed by atoms with Crippen molar-refractivity contribution >= 4 is 37.4 Å². The lowest BCUT2D eigenvalue weighted by molar-refractivity contribution is -0.118. The zero-order valence-electron chi connectivity index (χ0n) is 13.1. The largest absolute Gasteiger partial charge is 0.304 e. The van der Waals surface area contributed by atoms with E-state index in [9.17, 15) is 17.6 Å². The number of hydrogen-bond donors (Lipinski definition) is 0. The van der Waals surface area contributed by atoms with E-state index in [1.54, 1.807) is 36.4 Å². The van der Waals surface area contributed by atoms with Gasteiger partial charge in [-0.25, -0.2) is 12.8 Å². The fourth-order valence-corrected chi connectivity index (χ4v) is 4.24. The van der Waals surface area contributed by atoms with Crippen LogP contribution in [0.3, 0.4) is 0 Å². The fraction of sp³-hybridized carbons (Fsp3) is 0.167. The van der Waals surface area contributed by atoms with E-state index < -0.39 is 15.9 Å². The molecule has 4 nitrogen and oxygen atoms in total. The second-order valence-corrected chi connectivity index (χ2v) is 8.62. The van der Waals surface area contributed by atoms with Crippen molar-refractivity contribution in [2.75, 3.05) is 10.7 Å². The van der Waals surface area contributed by atoms with Crippen molar-refractivity contribution in [3.05, 3.63) is 75.9 Å². The lowest BCUT2D eigenvalue weighted by Gasteiger charge is -2.28. The number of halogens is 2. The van der Waals surface area contributed by atoms with Gasteiger partial charge in [-0.3, -0.25) is 4.79 Å². The predicted molar refractivity (Wildman–Crippen MR) is 98.4 cm³/mol. The average molecular weight is 424 g/mol. The Labute approximate surface area is 154 Å². The smallest absolute Gasteiger partial charge is 0.231 e. The first-order valence-corrected chi connectivity index (χ1v) is 10.1. The molecule has 0 radical (unpaired) electrons. The van der Waals surface area contributed by atoms with E-state index in [1.807, 2.05) is 0 Å². The Morgan fingerprint density at radius 3 is 2.32 bits per heavy atom. The Morgan fingerprint density at radius 2 is 1.76 bits per heavy atom. The molecule has 0 N–H and O–H groups in total. The van der Waals surface area contributed by atoms with Crippen molar-refractivity contribution in [1.29, 1.82) is 0 Å². The van der Waals surface area contributed by atoms with E-state index in [-0.39, 0.29) is 23.9 Å². The van der Waals surface area contributed by atoms with E-state index in [1.165, 1.54) is 23.1 Å². The highest BCUT2D eigenvalue weighted by molar-refractivity contribution is 9.10. The first-order valence-electron chi connectivity index (χ1n) is 7.57. The van der Waals surface area contributed by atoms with Crippen molar-refractivity contribution in [2.24, 2.45) is 0 Å². The molecule has 7 heteroatoms. The first kappa shape index (κ1) is 17.8. The summed E-state index contributed by atoms with van der Waals surface area (Å²) in [6.45, 7) is 0. The lowest BCUT2D eigenvalue weighted by Crippen LogP contribution is -2.42. The number of nitrogens with zero attached hydrogens (tertiary/aromatic N) is 1. The maximum Gasteiger partial charge on any atom is 0.231 e. The monoisotopic (exact) mass is 423 g/mol. The van der Waals surface area contributed by atoms with Gasteiger partial charge in [0.1, 0.15) is 5.82 Å². The maximum absolute atomic E-state index is 13.0. The number of sulfone groups is 1. The van der Waals surface area contributed by atoms with Gasteiger partial charge in [0.25, 0.3) is 0 Å². The highest BCUT2D eigenvalue weighted by Crippen LogP contribution is 2.25. The molecule has 0 saturated carbocycles. The molecule has 0 bridgehead atoms. The zero-order valence-corrected chi connectivity index (χ0v) is 15.5. The maximum atomic E-state index is 13.0. The van der Waals surface area contributed by atoms with E-state index in [4.69, 9.17) is 0 Å². The van der Waals surface area contributed by atoms with Crippen molar-refractivity contribution in [2.45, 2.75) is 12.5 Å². The summed E-state index contributed by atoms with van der Waals surface area (Å²) in [7, 11) is -3.30. The van der Waals surface area contributed by atoms with Crippen LogP contribution < -0.4 is 4.90 Å². The second-order valence-electron chi connectivity index (χ2n) is 5.77. The Bertz CT molecular complexity index is 908. The SMILES string of the molecule is O=C(Cc1ccc(F)cc1)N(c1ccc(Br)cc1)C1C=CS(=O)(=O)C1. The summed E-state index contributed by atoms with van der Waals surface area (Å²) in [6, 6.07) is 12.2. The number of benzene rings is 2. The van der Waals surface area contributed by atoms with Gasteiger partial charge < -0.3 is 4.90 Å². The van der Waals surface area contributed by atoms with Gasteiger partial charge in [-0.05, 0) is 48.0 Å². The molecular formula is C18H15BrFNO3S. The van der Waals surface area contributed by atoms with Crippen molar-refractivity contribution in [3.8, 4) is 0 Å². The van der Waals surface area contributed by atoms with Crippen LogP contribution in [0.15, 0.2) is 64.5 Å². The number of rotatable bonds is 4. The summed E-state index contributed by atoms with van der Waals surface area (Å²) in [6.07, 6.45) is 1.58. The van der Waals surface area contributed by atoms with Crippen LogP contribution in [0.1, 0.15) is 5.56 Å². The third-order valence-corrected chi connectivity index (χ3v) is 5.79. The van der Waals surface area contributed by atoms with Crippen LogP contribution in [-0.4, -0.2) is 26.1 Å². The summed E-state index contributed by atoms with van der Waals surface area (Å²) in [4.78, 5) is 14.4. The van der Waals surface area contributed by atoms with Gasteiger partial charge in [-0.15, -0.1) is 0 Å². The summed E-state index contributed by atoms with van der Waals surface area (Å²) in [5, 5.41) is 1.15. The van der Waals surface area contributed by atoms with Crippen LogP contribution in [0.2, 0.25) is 0 Å². The number of carbonyl (C=O) groups is 1. The van der Waals surface area contributed by atoms with Crippen LogP contribution in [0.25, 0.3) is 0 Å².